The minimum Gasteiger partial charge on any atom is -0.392 e. The highest BCUT2D eigenvalue weighted by Gasteiger charge is 2.15. The summed E-state index contributed by atoms with van der Waals surface area (Å²) < 4.78 is 27.7. The number of nitrogens with one attached hydrogen (secondary N) is 1. The first kappa shape index (κ1) is 17.2. The Kier molecular flexibility index (Phi) is 5.58. The number of benzene rings is 2. The van der Waals surface area contributed by atoms with Crippen molar-refractivity contribution in [1.29, 1.82) is 0 Å². The van der Waals surface area contributed by atoms with Gasteiger partial charge in [-0.05, 0) is 44.0 Å². The summed E-state index contributed by atoms with van der Waals surface area (Å²) in [5, 5.41) is 8.95. The number of hydrogen-bond acceptors (Lipinski definition) is 3. The molecule has 0 radical (unpaired) electrons. The summed E-state index contributed by atoms with van der Waals surface area (Å²) in [7, 11) is -3.62. The average Bonchev–Trinajstić information content (AvgIpc) is 2.50. The van der Waals surface area contributed by atoms with E-state index in [1.807, 2.05) is 26.0 Å². The Morgan fingerprint density at radius 2 is 1.78 bits per heavy atom. The Balaban J connectivity index is 2.29. The van der Waals surface area contributed by atoms with Crippen LogP contribution in [0.4, 0.5) is 5.69 Å². The molecule has 2 rings (SSSR count). The Hall–Kier alpha value is -2.11. The van der Waals surface area contributed by atoms with E-state index in [0.29, 0.717) is 12.1 Å². The molecule has 0 aliphatic rings. The summed E-state index contributed by atoms with van der Waals surface area (Å²) >= 11 is 0. The molecule has 122 valence electrons. The molecule has 0 aliphatic heterocycles. The fraction of sp³-hybridized carbons (Fsp3) is 0.222. The number of para-hydroxylation sites is 1. The van der Waals surface area contributed by atoms with Gasteiger partial charge in [-0.1, -0.05) is 47.5 Å². The number of anilines is 1. The van der Waals surface area contributed by atoms with Crippen LogP contribution in [0.1, 0.15) is 18.1 Å². The topological polar surface area (TPSA) is 66.4 Å². The van der Waals surface area contributed by atoms with Crippen molar-refractivity contribution in [2.75, 3.05) is 11.3 Å². The van der Waals surface area contributed by atoms with Crippen molar-refractivity contribution in [2.45, 2.75) is 25.2 Å². The molecule has 2 aromatic carbocycles. The SMILES string of the molecule is C/C(=C\CO)Cc1ccccc1NS(=O)(=O)c1ccc(C)cc1. The van der Waals surface area contributed by atoms with Gasteiger partial charge >= 0.3 is 0 Å². The summed E-state index contributed by atoms with van der Waals surface area (Å²) in [6.07, 6.45) is 2.29. The predicted molar refractivity (Wildman–Crippen MR) is 93.0 cm³/mol. The quantitative estimate of drug-likeness (QED) is 0.798. The molecule has 4 nitrogen and oxygen atoms in total. The molecule has 0 fully saturated rings. The summed E-state index contributed by atoms with van der Waals surface area (Å²) in [6, 6.07) is 14.0. The third-order valence-corrected chi connectivity index (χ3v) is 4.88. The van der Waals surface area contributed by atoms with Gasteiger partial charge in [0.25, 0.3) is 10.0 Å². The molecule has 0 atom stereocenters. The van der Waals surface area contributed by atoms with Crippen molar-refractivity contribution in [3.05, 3.63) is 71.3 Å². The third-order valence-electron chi connectivity index (χ3n) is 3.50. The molecule has 2 aromatic rings. The van der Waals surface area contributed by atoms with Crippen molar-refractivity contribution >= 4 is 15.7 Å². The van der Waals surface area contributed by atoms with Gasteiger partial charge in [-0.3, -0.25) is 4.72 Å². The second-order valence-corrected chi connectivity index (χ2v) is 7.17. The van der Waals surface area contributed by atoms with E-state index in [0.717, 1.165) is 16.7 Å². The van der Waals surface area contributed by atoms with Gasteiger partial charge < -0.3 is 5.11 Å². The fourth-order valence-electron chi connectivity index (χ4n) is 2.22. The lowest BCUT2D eigenvalue weighted by molar-refractivity contribution is 0.341. The normalized spacial score (nSPS) is 12.2. The summed E-state index contributed by atoms with van der Waals surface area (Å²) in [5.41, 5.74) is 3.41. The Labute approximate surface area is 137 Å². The van der Waals surface area contributed by atoms with Crippen LogP contribution in [0.2, 0.25) is 0 Å². The summed E-state index contributed by atoms with van der Waals surface area (Å²) in [6.45, 7) is 3.79. The Morgan fingerprint density at radius 1 is 1.13 bits per heavy atom. The lowest BCUT2D eigenvalue weighted by Gasteiger charge is -2.13. The van der Waals surface area contributed by atoms with Crippen molar-refractivity contribution < 1.29 is 13.5 Å². The van der Waals surface area contributed by atoms with Crippen molar-refractivity contribution in [1.82, 2.24) is 0 Å². The largest absolute Gasteiger partial charge is 0.392 e. The van der Waals surface area contributed by atoms with Gasteiger partial charge in [0.15, 0.2) is 0 Å². The van der Waals surface area contributed by atoms with E-state index in [-0.39, 0.29) is 11.5 Å². The monoisotopic (exact) mass is 331 g/mol. The van der Waals surface area contributed by atoms with Gasteiger partial charge in [0.1, 0.15) is 0 Å². The molecule has 0 saturated carbocycles. The molecule has 0 saturated heterocycles. The van der Waals surface area contributed by atoms with Gasteiger partial charge in [0.05, 0.1) is 17.2 Å². The van der Waals surface area contributed by atoms with Gasteiger partial charge in [0, 0.05) is 0 Å². The maximum atomic E-state index is 12.5. The van der Waals surface area contributed by atoms with E-state index in [2.05, 4.69) is 4.72 Å². The lowest BCUT2D eigenvalue weighted by Crippen LogP contribution is -2.14. The van der Waals surface area contributed by atoms with Crippen LogP contribution in [-0.4, -0.2) is 20.1 Å². The molecule has 0 aromatic heterocycles. The van der Waals surface area contributed by atoms with Crippen molar-refractivity contribution in [2.24, 2.45) is 0 Å². The molecule has 0 heterocycles. The smallest absolute Gasteiger partial charge is 0.261 e. The summed E-state index contributed by atoms with van der Waals surface area (Å²) in [4.78, 5) is 0.237. The highest BCUT2D eigenvalue weighted by Crippen LogP contribution is 2.22. The number of rotatable bonds is 6. The van der Waals surface area contributed by atoms with Crippen molar-refractivity contribution in [3.63, 3.8) is 0 Å². The van der Waals surface area contributed by atoms with Gasteiger partial charge in [-0.25, -0.2) is 8.42 Å². The minimum atomic E-state index is -3.62. The van der Waals surface area contributed by atoms with Gasteiger partial charge in [-0.2, -0.15) is 0 Å². The van der Waals surface area contributed by atoms with E-state index >= 15 is 0 Å². The van der Waals surface area contributed by atoms with E-state index < -0.39 is 10.0 Å². The van der Waals surface area contributed by atoms with E-state index in [9.17, 15) is 8.42 Å². The average molecular weight is 331 g/mol. The standard InChI is InChI=1S/C18H21NO3S/c1-14-7-9-17(10-8-14)23(21,22)19-18-6-4-3-5-16(18)13-15(2)11-12-20/h3-11,19-20H,12-13H2,1-2H3/b15-11+. The van der Waals surface area contributed by atoms with Crippen LogP contribution >= 0.6 is 0 Å². The van der Waals surface area contributed by atoms with Crippen molar-refractivity contribution in [3.8, 4) is 0 Å². The number of aryl methyl sites for hydroxylation is 1. The highest BCUT2D eigenvalue weighted by atomic mass is 32.2. The van der Waals surface area contributed by atoms with Gasteiger partial charge in [-0.15, -0.1) is 0 Å². The van der Waals surface area contributed by atoms with Gasteiger partial charge in [0.2, 0.25) is 0 Å². The molecule has 0 spiro atoms. The first-order chi connectivity index (χ1) is 10.9. The van der Waals surface area contributed by atoms with Crippen LogP contribution in [-0.2, 0) is 16.4 Å². The van der Waals surface area contributed by atoms with Crippen LogP contribution in [0.5, 0.6) is 0 Å². The molecule has 0 amide bonds. The molecule has 0 aliphatic carbocycles. The second kappa shape index (κ2) is 7.44. The molecular weight excluding hydrogens is 310 g/mol. The van der Waals surface area contributed by atoms with E-state index in [1.165, 1.54) is 0 Å². The fourth-order valence-corrected chi connectivity index (χ4v) is 3.32. The molecule has 0 unspecified atom stereocenters. The maximum Gasteiger partial charge on any atom is 0.261 e. The minimum absolute atomic E-state index is 0.0247. The highest BCUT2D eigenvalue weighted by molar-refractivity contribution is 7.92. The number of sulfonamides is 1. The molecule has 2 N–H and O–H groups in total. The number of allylic oxidation sites excluding steroid dienone is 1. The zero-order valence-electron chi connectivity index (χ0n) is 13.3. The third kappa shape index (κ3) is 4.68. The summed E-state index contributed by atoms with van der Waals surface area (Å²) in [5.74, 6) is 0. The molecule has 0 bridgehead atoms. The molecule has 23 heavy (non-hydrogen) atoms. The zero-order valence-corrected chi connectivity index (χ0v) is 14.1. The van der Waals surface area contributed by atoms with Crippen LogP contribution < -0.4 is 4.72 Å². The lowest BCUT2D eigenvalue weighted by atomic mass is 10.0. The Bertz CT molecular complexity index is 793. The number of aliphatic hydroxyl groups is 1. The zero-order chi connectivity index (χ0) is 16.9. The predicted octanol–water partition coefficient (Wildman–Crippen LogP) is 3.28. The second-order valence-electron chi connectivity index (χ2n) is 5.49. The first-order valence-electron chi connectivity index (χ1n) is 7.36. The Morgan fingerprint density at radius 3 is 2.43 bits per heavy atom. The maximum absolute atomic E-state index is 12.5. The van der Waals surface area contributed by atoms with E-state index in [1.54, 1.807) is 42.5 Å². The van der Waals surface area contributed by atoms with E-state index in [4.69, 9.17) is 5.11 Å². The van der Waals surface area contributed by atoms with Crippen LogP contribution in [0.15, 0.2) is 65.1 Å². The van der Waals surface area contributed by atoms with Crippen LogP contribution in [0.25, 0.3) is 0 Å². The number of hydrogen-bond donors (Lipinski definition) is 2. The molecule has 5 heteroatoms. The number of aliphatic hydroxyl groups excluding tert-OH is 1. The van der Waals surface area contributed by atoms with Crippen LogP contribution in [0.3, 0.4) is 0 Å². The van der Waals surface area contributed by atoms with Crippen LogP contribution in [0, 0.1) is 6.92 Å². The molecular formula is C18H21NO3S. The first-order valence-corrected chi connectivity index (χ1v) is 8.84.